The van der Waals surface area contributed by atoms with Crippen molar-refractivity contribution in [1.82, 2.24) is 10.3 Å². The van der Waals surface area contributed by atoms with E-state index in [4.69, 9.17) is 14.2 Å². The fourth-order valence-corrected chi connectivity index (χ4v) is 3.84. The minimum absolute atomic E-state index is 0.101. The molecular weight excluding hydrogens is 443 g/mol. The summed E-state index contributed by atoms with van der Waals surface area (Å²) in [5.41, 5.74) is 1.45. The number of ether oxygens (including phenoxy) is 3. The molecule has 2 aromatic rings. The molecule has 1 heterocycles. The highest BCUT2D eigenvalue weighted by Crippen LogP contribution is 2.33. The van der Waals surface area contributed by atoms with Gasteiger partial charge in [0.15, 0.2) is 11.4 Å². The van der Waals surface area contributed by atoms with E-state index < -0.39 is 30.0 Å². The molecule has 0 aliphatic carbocycles. The van der Waals surface area contributed by atoms with Crippen LogP contribution in [0.3, 0.4) is 0 Å². The number of nitrogens with zero attached hydrogens (tertiary/aromatic N) is 1. The predicted octanol–water partition coefficient (Wildman–Crippen LogP) is 3.95. The second kappa shape index (κ2) is 11.6. The summed E-state index contributed by atoms with van der Waals surface area (Å²) in [4.78, 5) is 41.0. The molecule has 0 saturated carbocycles. The normalized spacial score (nSPS) is 13.6. The summed E-state index contributed by atoms with van der Waals surface area (Å²) < 4.78 is 29.5. The third-order valence-corrected chi connectivity index (χ3v) is 5.37. The Hall–Kier alpha value is -3.49. The average Bonchev–Trinajstić information content (AvgIpc) is 2.74. The number of carbonyl (C=O) groups excluding carboxylic acids is 3. The van der Waals surface area contributed by atoms with Crippen LogP contribution in [0.4, 0.5) is 4.39 Å². The number of halogens is 1. The van der Waals surface area contributed by atoms with Crippen molar-refractivity contribution in [3.8, 4) is 11.5 Å². The van der Waals surface area contributed by atoms with Crippen molar-refractivity contribution in [2.45, 2.75) is 59.6 Å². The van der Waals surface area contributed by atoms with Gasteiger partial charge in [-0.05, 0) is 49.9 Å². The quantitative estimate of drug-likeness (QED) is 0.549. The summed E-state index contributed by atoms with van der Waals surface area (Å²) >= 11 is 0. The van der Waals surface area contributed by atoms with E-state index in [1.165, 1.54) is 45.4 Å². The van der Waals surface area contributed by atoms with Gasteiger partial charge in [-0.3, -0.25) is 9.59 Å². The molecule has 0 aliphatic heterocycles. The van der Waals surface area contributed by atoms with Crippen LogP contribution in [0.5, 0.6) is 11.5 Å². The third-order valence-electron chi connectivity index (χ3n) is 5.37. The number of hydrogen-bond acceptors (Lipinski definition) is 7. The lowest BCUT2D eigenvalue weighted by Gasteiger charge is -2.30. The van der Waals surface area contributed by atoms with Crippen molar-refractivity contribution in [3.63, 3.8) is 0 Å². The van der Waals surface area contributed by atoms with Crippen molar-refractivity contribution in [2.75, 3.05) is 7.11 Å². The van der Waals surface area contributed by atoms with Crippen molar-refractivity contribution in [1.29, 1.82) is 0 Å². The molecule has 1 amide bonds. The number of pyridine rings is 1. The SMILES string of the molecule is COc1ccnc(C(=O)N[C@@H](C)C(=O)O[C@@H](C)[C@@H](c2ccc(F)cc2C)C(C)C)c1OC(C)=O. The first kappa shape index (κ1) is 26.8. The van der Waals surface area contributed by atoms with Crippen molar-refractivity contribution >= 4 is 17.8 Å². The van der Waals surface area contributed by atoms with Crippen LogP contribution in [0.1, 0.15) is 62.2 Å². The summed E-state index contributed by atoms with van der Waals surface area (Å²) in [5.74, 6) is -2.44. The van der Waals surface area contributed by atoms with Gasteiger partial charge in [-0.2, -0.15) is 0 Å². The molecule has 0 radical (unpaired) electrons. The van der Waals surface area contributed by atoms with Crippen molar-refractivity contribution in [2.24, 2.45) is 5.92 Å². The van der Waals surface area contributed by atoms with Crippen LogP contribution in [0.15, 0.2) is 30.5 Å². The van der Waals surface area contributed by atoms with Crippen LogP contribution in [-0.2, 0) is 14.3 Å². The van der Waals surface area contributed by atoms with Crippen LogP contribution < -0.4 is 14.8 Å². The van der Waals surface area contributed by atoms with Crippen LogP contribution in [0.25, 0.3) is 0 Å². The Morgan fingerprint density at radius 3 is 2.32 bits per heavy atom. The lowest BCUT2D eigenvalue weighted by Crippen LogP contribution is -2.42. The van der Waals surface area contributed by atoms with Gasteiger partial charge in [-0.1, -0.05) is 19.9 Å². The summed E-state index contributed by atoms with van der Waals surface area (Å²) in [6.07, 6.45) is 0.784. The summed E-state index contributed by atoms with van der Waals surface area (Å²) in [6, 6.07) is 4.96. The fraction of sp³-hybridized carbons (Fsp3) is 0.440. The maximum atomic E-state index is 13.6. The predicted molar refractivity (Wildman–Crippen MR) is 123 cm³/mol. The van der Waals surface area contributed by atoms with Crippen molar-refractivity contribution < 1.29 is 33.0 Å². The highest BCUT2D eigenvalue weighted by atomic mass is 19.1. The number of benzene rings is 1. The van der Waals surface area contributed by atoms with E-state index in [1.54, 1.807) is 13.0 Å². The second-order valence-electron chi connectivity index (χ2n) is 8.39. The number of rotatable bonds is 9. The van der Waals surface area contributed by atoms with Gasteiger partial charge in [0.1, 0.15) is 18.0 Å². The Bertz CT molecular complexity index is 1060. The van der Waals surface area contributed by atoms with E-state index in [1.807, 2.05) is 20.8 Å². The number of aromatic nitrogens is 1. The van der Waals surface area contributed by atoms with Gasteiger partial charge >= 0.3 is 11.9 Å². The Morgan fingerprint density at radius 2 is 1.76 bits per heavy atom. The zero-order valence-electron chi connectivity index (χ0n) is 20.5. The van der Waals surface area contributed by atoms with Crippen LogP contribution in [0, 0.1) is 18.7 Å². The highest BCUT2D eigenvalue weighted by molar-refractivity contribution is 5.98. The topological polar surface area (TPSA) is 104 Å². The Balaban J connectivity index is 2.16. The van der Waals surface area contributed by atoms with E-state index in [0.29, 0.717) is 0 Å². The minimum Gasteiger partial charge on any atom is -0.493 e. The largest absolute Gasteiger partial charge is 0.493 e. The van der Waals surface area contributed by atoms with Gasteiger partial charge < -0.3 is 19.5 Å². The van der Waals surface area contributed by atoms with E-state index in [-0.39, 0.29) is 34.8 Å². The van der Waals surface area contributed by atoms with E-state index in [9.17, 15) is 18.8 Å². The first-order chi connectivity index (χ1) is 16.0. The van der Waals surface area contributed by atoms with E-state index in [0.717, 1.165) is 11.1 Å². The van der Waals surface area contributed by atoms with Crippen LogP contribution in [-0.4, -0.2) is 42.1 Å². The highest BCUT2D eigenvalue weighted by Gasteiger charge is 2.30. The zero-order chi connectivity index (χ0) is 25.6. The van der Waals surface area contributed by atoms with Crippen LogP contribution in [0.2, 0.25) is 0 Å². The average molecular weight is 475 g/mol. The minimum atomic E-state index is -1.02. The second-order valence-corrected chi connectivity index (χ2v) is 8.39. The number of nitrogens with one attached hydrogen (secondary N) is 1. The summed E-state index contributed by atoms with van der Waals surface area (Å²) in [6.45, 7) is 10.2. The Morgan fingerprint density at radius 1 is 1.09 bits per heavy atom. The summed E-state index contributed by atoms with van der Waals surface area (Å²) in [7, 11) is 1.36. The van der Waals surface area contributed by atoms with Crippen molar-refractivity contribution in [3.05, 3.63) is 53.1 Å². The number of amides is 1. The van der Waals surface area contributed by atoms with Crippen LogP contribution >= 0.6 is 0 Å². The molecule has 3 atom stereocenters. The molecule has 0 aliphatic rings. The molecule has 0 bridgehead atoms. The number of carbonyl (C=O) groups is 3. The monoisotopic (exact) mass is 474 g/mol. The molecule has 0 spiro atoms. The summed E-state index contributed by atoms with van der Waals surface area (Å²) in [5, 5.41) is 2.52. The van der Waals surface area contributed by atoms with Gasteiger partial charge in [-0.15, -0.1) is 0 Å². The third kappa shape index (κ3) is 6.52. The molecule has 1 N–H and O–H groups in total. The first-order valence-electron chi connectivity index (χ1n) is 10.9. The number of esters is 2. The zero-order valence-corrected chi connectivity index (χ0v) is 20.5. The lowest BCUT2D eigenvalue weighted by atomic mass is 9.82. The molecule has 8 nitrogen and oxygen atoms in total. The Labute approximate surface area is 198 Å². The van der Waals surface area contributed by atoms with E-state index in [2.05, 4.69) is 10.3 Å². The first-order valence-corrected chi connectivity index (χ1v) is 10.9. The van der Waals surface area contributed by atoms with Gasteiger partial charge in [0.05, 0.1) is 7.11 Å². The molecule has 0 fully saturated rings. The van der Waals surface area contributed by atoms with Gasteiger partial charge in [-0.25, -0.2) is 14.2 Å². The smallest absolute Gasteiger partial charge is 0.328 e. The standard InChI is InChI=1S/C25H31FN2O6/c1-13(2)21(19-9-8-18(26)12-14(19)3)16(5)33-25(31)15(4)28-24(30)22-23(34-17(6)29)20(32-7)10-11-27-22/h8-13,15-16,21H,1-7H3,(H,28,30)/t15-,16-,21-/m0/s1. The maximum absolute atomic E-state index is 13.6. The number of hydrogen-bond donors (Lipinski definition) is 1. The molecule has 1 aromatic heterocycles. The Kier molecular flexibility index (Phi) is 9.11. The van der Waals surface area contributed by atoms with E-state index >= 15 is 0 Å². The molecule has 2 rings (SSSR count). The molecule has 0 unspecified atom stereocenters. The number of methoxy groups -OCH3 is 1. The van der Waals surface area contributed by atoms with Gasteiger partial charge in [0, 0.05) is 25.1 Å². The van der Waals surface area contributed by atoms with Gasteiger partial charge in [0.2, 0.25) is 5.75 Å². The molecule has 34 heavy (non-hydrogen) atoms. The molecule has 0 saturated heterocycles. The fourth-order valence-electron chi connectivity index (χ4n) is 3.84. The molecule has 9 heteroatoms. The molecule has 1 aromatic carbocycles. The molecular formula is C25H31FN2O6. The maximum Gasteiger partial charge on any atom is 0.328 e. The lowest BCUT2D eigenvalue weighted by molar-refractivity contribution is -0.151. The van der Waals surface area contributed by atoms with Gasteiger partial charge in [0.25, 0.3) is 5.91 Å². The molecule has 184 valence electrons. The number of aryl methyl sites for hydroxylation is 1.